The van der Waals surface area contributed by atoms with Gasteiger partial charge in [-0.1, -0.05) is 61.0 Å². The summed E-state index contributed by atoms with van der Waals surface area (Å²) in [4.78, 5) is 25.0. The summed E-state index contributed by atoms with van der Waals surface area (Å²) < 4.78 is 0. The van der Waals surface area contributed by atoms with Crippen molar-refractivity contribution in [2.75, 3.05) is 5.32 Å². The van der Waals surface area contributed by atoms with Gasteiger partial charge in [-0.25, -0.2) is 4.79 Å². The quantitative estimate of drug-likeness (QED) is 0.568. The van der Waals surface area contributed by atoms with Gasteiger partial charge in [-0.15, -0.1) is 11.3 Å². The summed E-state index contributed by atoms with van der Waals surface area (Å²) in [6.45, 7) is 1.83. The molecule has 4 nitrogen and oxygen atoms in total. The molecule has 0 fully saturated rings. The molecule has 1 aromatic heterocycles. The van der Waals surface area contributed by atoms with Crippen molar-refractivity contribution >= 4 is 40.5 Å². The second-order valence-corrected chi connectivity index (χ2v) is 7.56. The minimum absolute atomic E-state index is 0.0996. The number of halogens is 1. The Bertz CT molecular complexity index is 951. The van der Waals surface area contributed by atoms with Crippen LogP contribution in [0.25, 0.3) is 10.4 Å². The van der Waals surface area contributed by atoms with Gasteiger partial charge in [0.2, 0.25) is 5.91 Å². The minimum Gasteiger partial charge on any atom is -0.478 e. The van der Waals surface area contributed by atoms with Crippen molar-refractivity contribution in [2.45, 2.75) is 13.3 Å². The Balaban J connectivity index is 1.81. The number of carboxylic acids is 1. The molecule has 1 atom stereocenters. The maximum absolute atomic E-state index is 12.6. The highest BCUT2D eigenvalue weighted by atomic mass is 35.5. The fourth-order valence-corrected chi connectivity index (χ4v) is 3.92. The Morgan fingerprint density at radius 1 is 1.11 bits per heavy atom. The molecular formula is C21H18ClNO3S. The van der Waals surface area contributed by atoms with Gasteiger partial charge in [-0.2, -0.15) is 0 Å². The highest BCUT2D eigenvalue weighted by Crippen LogP contribution is 2.36. The molecule has 1 unspecified atom stereocenters. The van der Waals surface area contributed by atoms with Gasteiger partial charge in [-0.3, -0.25) is 4.79 Å². The van der Waals surface area contributed by atoms with Gasteiger partial charge in [-0.05, 0) is 29.7 Å². The van der Waals surface area contributed by atoms with Crippen LogP contribution in [-0.2, 0) is 11.2 Å². The first-order valence-corrected chi connectivity index (χ1v) is 9.67. The molecule has 0 aliphatic rings. The number of rotatable bonds is 6. The zero-order valence-electron chi connectivity index (χ0n) is 14.6. The smallest absolute Gasteiger partial charge is 0.339 e. The molecule has 2 aromatic carbocycles. The van der Waals surface area contributed by atoms with E-state index in [9.17, 15) is 14.7 Å². The second kappa shape index (κ2) is 8.37. The number of thiophene rings is 1. The van der Waals surface area contributed by atoms with Crippen molar-refractivity contribution in [1.82, 2.24) is 0 Å². The summed E-state index contributed by atoms with van der Waals surface area (Å²) in [5, 5.41) is 14.7. The van der Waals surface area contributed by atoms with Gasteiger partial charge in [0.25, 0.3) is 0 Å². The topological polar surface area (TPSA) is 66.4 Å². The zero-order chi connectivity index (χ0) is 19.4. The lowest BCUT2D eigenvalue weighted by molar-refractivity contribution is -0.119. The van der Waals surface area contributed by atoms with Gasteiger partial charge < -0.3 is 10.4 Å². The molecule has 0 saturated carbocycles. The number of carboxylic acid groups (broad SMARTS) is 1. The Labute approximate surface area is 166 Å². The monoisotopic (exact) mass is 399 g/mol. The number of aromatic carboxylic acids is 1. The zero-order valence-corrected chi connectivity index (χ0v) is 16.2. The first kappa shape index (κ1) is 19.1. The van der Waals surface area contributed by atoms with Crippen molar-refractivity contribution < 1.29 is 14.7 Å². The van der Waals surface area contributed by atoms with E-state index in [0.29, 0.717) is 22.0 Å². The minimum atomic E-state index is -1.08. The number of nitrogens with one attached hydrogen (secondary N) is 1. The van der Waals surface area contributed by atoms with Crippen LogP contribution in [0.15, 0.2) is 60.0 Å². The van der Waals surface area contributed by atoms with Crippen LogP contribution < -0.4 is 5.32 Å². The van der Waals surface area contributed by atoms with E-state index in [1.807, 2.05) is 37.3 Å². The molecule has 0 aliphatic heterocycles. The maximum Gasteiger partial charge on any atom is 0.339 e. The highest BCUT2D eigenvalue weighted by Gasteiger charge is 2.23. The summed E-state index contributed by atoms with van der Waals surface area (Å²) in [6, 6.07) is 16.7. The Morgan fingerprint density at radius 2 is 1.78 bits per heavy atom. The van der Waals surface area contributed by atoms with Crippen LogP contribution in [0, 0.1) is 5.92 Å². The number of hydrogen-bond donors (Lipinski definition) is 2. The molecule has 0 spiro atoms. The third kappa shape index (κ3) is 4.56. The first-order valence-electron chi connectivity index (χ1n) is 8.41. The van der Waals surface area contributed by atoms with E-state index < -0.39 is 5.97 Å². The molecule has 6 heteroatoms. The number of carbonyl (C=O) groups is 2. The predicted octanol–water partition coefficient (Wildman–Crippen LogP) is 5.58. The molecule has 0 aliphatic carbocycles. The number of amides is 1. The van der Waals surface area contributed by atoms with Crippen molar-refractivity contribution in [3.05, 3.63) is 76.1 Å². The lowest BCUT2D eigenvalue weighted by Gasteiger charge is -2.12. The molecule has 0 saturated heterocycles. The van der Waals surface area contributed by atoms with Crippen LogP contribution in [-0.4, -0.2) is 17.0 Å². The molecule has 3 aromatic rings. The molecule has 0 radical (unpaired) electrons. The van der Waals surface area contributed by atoms with Crippen LogP contribution in [0.3, 0.4) is 0 Å². The average molecular weight is 400 g/mol. The Hall–Kier alpha value is -2.63. The third-order valence-corrected chi connectivity index (χ3v) is 5.48. The van der Waals surface area contributed by atoms with Crippen molar-refractivity contribution in [3.8, 4) is 10.4 Å². The van der Waals surface area contributed by atoms with Crippen LogP contribution in [0.1, 0.15) is 22.8 Å². The van der Waals surface area contributed by atoms with E-state index in [1.165, 1.54) is 11.3 Å². The van der Waals surface area contributed by atoms with Crippen LogP contribution in [0.5, 0.6) is 0 Å². The van der Waals surface area contributed by atoms with E-state index in [1.54, 1.807) is 29.6 Å². The molecule has 1 heterocycles. The van der Waals surface area contributed by atoms with E-state index in [0.717, 1.165) is 11.1 Å². The fraction of sp³-hybridized carbons (Fsp3) is 0.143. The fourth-order valence-electron chi connectivity index (χ4n) is 2.79. The van der Waals surface area contributed by atoms with E-state index in [2.05, 4.69) is 5.32 Å². The lowest BCUT2D eigenvalue weighted by atomic mass is 10.00. The highest BCUT2D eigenvalue weighted by molar-refractivity contribution is 7.14. The number of benzene rings is 2. The molecule has 2 N–H and O–H groups in total. The van der Waals surface area contributed by atoms with Gasteiger partial charge in [0.1, 0.15) is 5.56 Å². The number of anilines is 1. The maximum atomic E-state index is 12.6. The Morgan fingerprint density at radius 3 is 2.41 bits per heavy atom. The van der Waals surface area contributed by atoms with E-state index in [4.69, 9.17) is 11.6 Å². The normalized spacial score (nSPS) is 11.8. The second-order valence-electron chi connectivity index (χ2n) is 6.25. The van der Waals surface area contributed by atoms with Crippen molar-refractivity contribution in [3.63, 3.8) is 0 Å². The average Bonchev–Trinajstić information content (AvgIpc) is 3.07. The summed E-state index contributed by atoms with van der Waals surface area (Å²) in [6.07, 6.45) is 0.587. The molecular weight excluding hydrogens is 382 g/mol. The largest absolute Gasteiger partial charge is 0.478 e. The van der Waals surface area contributed by atoms with Crippen LogP contribution in [0.4, 0.5) is 5.69 Å². The summed E-state index contributed by atoms with van der Waals surface area (Å²) in [5.41, 5.74) is 2.23. The summed E-state index contributed by atoms with van der Waals surface area (Å²) >= 11 is 7.19. The molecule has 3 rings (SSSR count). The van der Waals surface area contributed by atoms with Crippen LogP contribution >= 0.6 is 22.9 Å². The van der Waals surface area contributed by atoms with Gasteiger partial charge in [0.05, 0.1) is 10.6 Å². The molecule has 27 heavy (non-hydrogen) atoms. The van der Waals surface area contributed by atoms with Gasteiger partial charge in [0, 0.05) is 16.3 Å². The van der Waals surface area contributed by atoms with Gasteiger partial charge >= 0.3 is 5.97 Å². The standard InChI is InChI=1S/C21H18ClNO3S/c1-13(11-14-5-3-2-4-6-14)20(24)23-17-12-27-19(18(17)21(25)26)15-7-9-16(22)10-8-15/h2-10,12-13H,11H2,1H3,(H,23,24)(H,25,26). The number of hydrogen-bond acceptors (Lipinski definition) is 3. The van der Waals surface area contributed by atoms with Gasteiger partial charge in [0.15, 0.2) is 0 Å². The molecule has 1 amide bonds. The first-order chi connectivity index (χ1) is 13.0. The van der Waals surface area contributed by atoms with Crippen molar-refractivity contribution in [2.24, 2.45) is 5.92 Å². The lowest BCUT2D eigenvalue weighted by Crippen LogP contribution is -2.23. The van der Waals surface area contributed by atoms with E-state index >= 15 is 0 Å². The predicted molar refractivity (Wildman–Crippen MR) is 110 cm³/mol. The van der Waals surface area contributed by atoms with Crippen LogP contribution in [0.2, 0.25) is 5.02 Å². The van der Waals surface area contributed by atoms with Crippen molar-refractivity contribution in [1.29, 1.82) is 0 Å². The Kier molecular flexibility index (Phi) is 5.94. The molecule has 0 bridgehead atoms. The molecule has 138 valence electrons. The third-order valence-electron chi connectivity index (χ3n) is 4.20. The summed E-state index contributed by atoms with van der Waals surface area (Å²) in [7, 11) is 0. The van der Waals surface area contributed by atoms with E-state index in [-0.39, 0.29) is 17.4 Å². The SMILES string of the molecule is CC(Cc1ccccc1)C(=O)Nc1csc(-c2ccc(Cl)cc2)c1C(=O)O. The summed E-state index contributed by atoms with van der Waals surface area (Å²) in [5.74, 6) is -1.57. The number of carbonyl (C=O) groups excluding carboxylic acids is 1.